The van der Waals surface area contributed by atoms with Crippen molar-refractivity contribution in [1.82, 2.24) is 0 Å². The quantitative estimate of drug-likeness (QED) is 0.493. The van der Waals surface area contributed by atoms with Crippen LogP contribution in [0.1, 0.15) is 26.3 Å². The Bertz CT molecular complexity index is 748. The minimum atomic E-state index is -0.974. The van der Waals surface area contributed by atoms with Crippen LogP contribution in [0, 0.1) is 0 Å². The smallest absolute Gasteiger partial charge is 0.335 e. The number of benzene rings is 2. The van der Waals surface area contributed by atoms with Crippen LogP contribution in [-0.4, -0.2) is 30.2 Å². The van der Waals surface area contributed by atoms with Crippen molar-refractivity contribution in [2.45, 2.75) is 4.90 Å². The summed E-state index contributed by atoms with van der Waals surface area (Å²) in [6.07, 6.45) is 5.06. The summed E-state index contributed by atoms with van der Waals surface area (Å²) in [5.74, 6) is -0.446. The van der Waals surface area contributed by atoms with Crippen LogP contribution in [0.2, 0.25) is 0 Å². The minimum absolute atomic E-state index is 0.140. The lowest BCUT2D eigenvalue weighted by Gasteiger charge is -2.07. The van der Waals surface area contributed by atoms with E-state index in [1.54, 1.807) is 49.2 Å². The summed E-state index contributed by atoms with van der Waals surface area (Å²) < 4.78 is 5.27. The number of ketones is 1. The zero-order valence-electron chi connectivity index (χ0n) is 12.8. The van der Waals surface area contributed by atoms with Crippen molar-refractivity contribution in [2.24, 2.45) is 0 Å². The zero-order valence-corrected chi connectivity index (χ0v) is 13.6. The second kappa shape index (κ2) is 7.65. The normalized spacial score (nSPS) is 10.7. The molecule has 1 N–H and O–H groups in total. The van der Waals surface area contributed by atoms with Gasteiger partial charge >= 0.3 is 5.97 Å². The van der Waals surface area contributed by atoms with Crippen LogP contribution >= 0.6 is 11.8 Å². The molecule has 2 rings (SSSR count). The number of carbonyl (C=O) groups is 2. The van der Waals surface area contributed by atoms with Crippen LogP contribution in [0.15, 0.2) is 53.4 Å². The van der Waals surface area contributed by atoms with E-state index < -0.39 is 5.97 Å². The maximum Gasteiger partial charge on any atom is 0.335 e. The van der Waals surface area contributed by atoms with E-state index in [2.05, 4.69) is 0 Å². The molecule has 23 heavy (non-hydrogen) atoms. The summed E-state index contributed by atoms with van der Waals surface area (Å²) in [5, 5.41) is 8.85. The summed E-state index contributed by atoms with van der Waals surface area (Å²) in [7, 11) is 1.57. The van der Waals surface area contributed by atoms with Crippen molar-refractivity contribution in [1.29, 1.82) is 0 Å². The third-order valence-corrected chi connectivity index (χ3v) is 4.03. The maximum atomic E-state index is 12.2. The summed E-state index contributed by atoms with van der Waals surface area (Å²) in [6, 6.07) is 11.6. The van der Waals surface area contributed by atoms with E-state index in [9.17, 15) is 9.59 Å². The van der Waals surface area contributed by atoms with Crippen LogP contribution in [0.3, 0.4) is 0 Å². The number of hydrogen-bond donors (Lipinski definition) is 1. The lowest BCUT2D eigenvalue weighted by atomic mass is 10.1. The molecule has 2 aromatic rings. The highest BCUT2D eigenvalue weighted by molar-refractivity contribution is 7.98. The van der Waals surface area contributed by atoms with Gasteiger partial charge in [0, 0.05) is 10.5 Å². The Morgan fingerprint density at radius 1 is 1.09 bits per heavy atom. The highest BCUT2D eigenvalue weighted by atomic mass is 32.2. The molecule has 0 spiro atoms. The van der Waals surface area contributed by atoms with Crippen LogP contribution in [0.25, 0.3) is 6.08 Å². The molecule has 5 heteroatoms. The van der Waals surface area contributed by atoms with E-state index >= 15 is 0 Å². The monoisotopic (exact) mass is 328 g/mol. The number of thioether (sulfide) groups is 1. The van der Waals surface area contributed by atoms with Gasteiger partial charge in [0.1, 0.15) is 5.75 Å². The molecule has 0 bridgehead atoms. The molecule has 0 aromatic heterocycles. The Hall–Kier alpha value is -2.53. The van der Waals surface area contributed by atoms with Gasteiger partial charge < -0.3 is 9.84 Å². The van der Waals surface area contributed by atoms with Gasteiger partial charge in [0.15, 0.2) is 5.78 Å². The number of rotatable bonds is 6. The van der Waals surface area contributed by atoms with Crippen molar-refractivity contribution in [2.75, 3.05) is 13.4 Å². The average Bonchev–Trinajstić information content (AvgIpc) is 2.59. The Labute approximate surface area is 138 Å². The standard InChI is InChI=1S/C18H16O4S/c1-22-16-11-14(8-10-17(16)23-2)15(19)9-5-12-3-6-13(7-4-12)18(20)21/h3-11H,1-2H3,(H,20,21). The predicted octanol–water partition coefficient (Wildman–Crippen LogP) is 4.01. The lowest BCUT2D eigenvalue weighted by molar-refractivity contribution is 0.0696. The number of carboxylic acids is 1. The highest BCUT2D eigenvalue weighted by Crippen LogP contribution is 2.28. The number of methoxy groups -OCH3 is 1. The average molecular weight is 328 g/mol. The van der Waals surface area contributed by atoms with E-state index in [1.807, 2.05) is 12.3 Å². The van der Waals surface area contributed by atoms with Crippen LogP contribution in [-0.2, 0) is 0 Å². The summed E-state index contributed by atoms with van der Waals surface area (Å²) >= 11 is 1.55. The first kappa shape index (κ1) is 16.8. The van der Waals surface area contributed by atoms with Crippen molar-refractivity contribution in [3.63, 3.8) is 0 Å². The Balaban J connectivity index is 2.16. The van der Waals surface area contributed by atoms with Gasteiger partial charge in [0.2, 0.25) is 0 Å². The number of hydrogen-bond acceptors (Lipinski definition) is 4. The lowest BCUT2D eigenvalue weighted by Crippen LogP contribution is -1.97. The van der Waals surface area contributed by atoms with Gasteiger partial charge in [0.05, 0.1) is 12.7 Å². The Kier molecular flexibility index (Phi) is 5.60. The van der Waals surface area contributed by atoms with Gasteiger partial charge in [-0.1, -0.05) is 18.2 Å². The van der Waals surface area contributed by atoms with E-state index in [0.29, 0.717) is 11.3 Å². The second-order valence-electron chi connectivity index (χ2n) is 4.69. The molecular formula is C18H16O4S. The van der Waals surface area contributed by atoms with Gasteiger partial charge in [0.25, 0.3) is 0 Å². The molecule has 0 radical (unpaired) electrons. The molecule has 0 atom stereocenters. The molecule has 0 aliphatic rings. The first-order valence-corrected chi connectivity index (χ1v) is 8.05. The number of aromatic carboxylic acids is 1. The molecular weight excluding hydrogens is 312 g/mol. The van der Waals surface area contributed by atoms with Crippen LogP contribution < -0.4 is 4.74 Å². The van der Waals surface area contributed by atoms with Gasteiger partial charge in [-0.25, -0.2) is 4.79 Å². The third-order valence-electron chi connectivity index (χ3n) is 3.25. The molecule has 0 aliphatic carbocycles. The largest absolute Gasteiger partial charge is 0.496 e. The first-order valence-electron chi connectivity index (χ1n) is 6.83. The van der Waals surface area contributed by atoms with Crippen molar-refractivity contribution < 1.29 is 19.4 Å². The first-order chi connectivity index (χ1) is 11.0. The summed E-state index contributed by atoms with van der Waals surface area (Å²) in [5.41, 5.74) is 1.51. The zero-order chi connectivity index (χ0) is 16.8. The number of allylic oxidation sites excluding steroid dienone is 1. The Morgan fingerprint density at radius 3 is 2.30 bits per heavy atom. The second-order valence-corrected chi connectivity index (χ2v) is 5.54. The van der Waals surface area contributed by atoms with Gasteiger partial charge in [-0.05, 0) is 48.2 Å². The number of carboxylic acid groups (broad SMARTS) is 1. The van der Waals surface area contributed by atoms with E-state index in [0.717, 1.165) is 10.5 Å². The van der Waals surface area contributed by atoms with E-state index in [1.165, 1.54) is 18.2 Å². The SMILES string of the molecule is COc1cc(C(=O)C=Cc2ccc(C(=O)O)cc2)ccc1SC. The van der Waals surface area contributed by atoms with Crippen LogP contribution in [0.5, 0.6) is 5.75 Å². The van der Waals surface area contributed by atoms with Crippen molar-refractivity contribution in [3.05, 3.63) is 65.2 Å². The molecule has 0 heterocycles. The molecule has 0 unspecified atom stereocenters. The van der Waals surface area contributed by atoms with Gasteiger partial charge in [-0.3, -0.25) is 4.79 Å². The maximum absolute atomic E-state index is 12.2. The van der Waals surface area contributed by atoms with Crippen molar-refractivity contribution in [3.8, 4) is 5.75 Å². The fourth-order valence-corrected chi connectivity index (χ4v) is 2.54. The molecule has 118 valence electrons. The van der Waals surface area contributed by atoms with Crippen LogP contribution in [0.4, 0.5) is 0 Å². The number of carbonyl (C=O) groups excluding carboxylic acids is 1. The molecule has 2 aromatic carbocycles. The minimum Gasteiger partial charge on any atom is -0.496 e. The Morgan fingerprint density at radius 2 is 1.74 bits per heavy atom. The topological polar surface area (TPSA) is 63.6 Å². The molecule has 0 amide bonds. The van der Waals surface area contributed by atoms with Gasteiger partial charge in [-0.15, -0.1) is 11.8 Å². The molecule has 0 saturated heterocycles. The molecule has 0 aliphatic heterocycles. The fourth-order valence-electron chi connectivity index (χ4n) is 1.99. The van der Waals surface area contributed by atoms with E-state index in [4.69, 9.17) is 9.84 Å². The summed E-state index contributed by atoms with van der Waals surface area (Å²) in [4.78, 5) is 24.0. The van der Waals surface area contributed by atoms with Gasteiger partial charge in [-0.2, -0.15) is 0 Å². The van der Waals surface area contributed by atoms with E-state index in [-0.39, 0.29) is 11.3 Å². The molecule has 0 fully saturated rings. The summed E-state index contributed by atoms with van der Waals surface area (Å²) in [6.45, 7) is 0. The third kappa shape index (κ3) is 4.23. The fraction of sp³-hybridized carbons (Fsp3) is 0.111. The molecule has 0 saturated carbocycles. The van der Waals surface area contributed by atoms with Crippen molar-refractivity contribution >= 4 is 29.6 Å². The highest BCUT2D eigenvalue weighted by Gasteiger charge is 2.08. The molecule has 4 nitrogen and oxygen atoms in total. The predicted molar refractivity (Wildman–Crippen MR) is 91.5 cm³/mol. The number of ether oxygens (including phenoxy) is 1.